The smallest absolute Gasteiger partial charge is 0.136 e. The summed E-state index contributed by atoms with van der Waals surface area (Å²) < 4.78 is 5.46. The number of anilines is 1. The van der Waals surface area contributed by atoms with Crippen LogP contribution >= 0.6 is 22.9 Å². The Balaban J connectivity index is 1.81. The molecule has 3 aromatic rings. The maximum atomic E-state index is 9.52. The summed E-state index contributed by atoms with van der Waals surface area (Å²) in [6.45, 7) is 4.52. The minimum Gasteiger partial charge on any atom is -0.494 e. The Morgan fingerprint density at radius 2 is 2.07 bits per heavy atom. The van der Waals surface area contributed by atoms with Gasteiger partial charge in [-0.3, -0.25) is 0 Å². The van der Waals surface area contributed by atoms with E-state index in [2.05, 4.69) is 16.4 Å². The van der Waals surface area contributed by atoms with Crippen molar-refractivity contribution < 1.29 is 4.74 Å². The molecular formula is C21H18ClN3OS. The molecule has 2 aromatic carbocycles. The van der Waals surface area contributed by atoms with Crippen molar-refractivity contribution in [3.05, 3.63) is 69.6 Å². The lowest BCUT2D eigenvalue weighted by Crippen LogP contribution is -1.94. The lowest BCUT2D eigenvalue weighted by atomic mass is 10.2. The predicted molar refractivity (Wildman–Crippen MR) is 112 cm³/mol. The minimum atomic E-state index is 0.469. The van der Waals surface area contributed by atoms with E-state index in [1.165, 1.54) is 11.3 Å². The third-order valence-corrected chi connectivity index (χ3v) is 5.24. The zero-order valence-electron chi connectivity index (χ0n) is 15.0. The number of rotatable bonds is 6. The van der Waals surface area contributed by atoms with Crippen LogP contribution in [0.25, 0.3) is 16.8 Å². The zero-order valence-corrected chi connectivity index (χ0v) is 16.6. The van der Waals surface area contributed by atoms with Gasteiger partial charge in [0.1, 0.15) is 22.4 Å². The molecule has 1 N–H and O–H groups in total. The van der Waals surface area contributed by atoms with Crippen LogP contribution in [0.4, 0.5) is 5.69 Å². The van der Waals surface area contributed by atoms with Gasteiger partial charge in [-0.1, -0.05) is 17.7 Å². The number of nitriles is 1. The number of nitrogens with one attached hydrogen (secondary N) is 1. The molecule has 0 unspecified atom stereocenters. The van der Waals surface area contributed by atoms with Crippen molar-refractivity contribution in [1.29, 1.82) is 5.26 Å². The third-order valence-electron chi connectivity index (χ3n) is 3.96. The average Bonchev–Trinajstić information content (AvgIpc) is 3.16. The summed E-state index contributed by atoms with van der Waals surface area (Å²) in [5, 5.41) is 16.0. The number of halogens is 1. The molecule has 0 atom stereocenters. The number of aromatic nitrogens is 1. The van der Waals surface area contributed by atoms with Gasteiger partial charge in [0.05, 0.1) is 12.3 Å². The first-order valence-electron chi connectivity index (χ1n) is 8.43. The Morgan fingerprint density at radius 3 is 2.78 bits per heavy atom. The van der Waals surface area contributed by atoms with Crippen LogP contribution in [0.5, 0.6) is 5.75 Å². The maximum Gasteiger partial charge on any atom is 0.136 e. The molecule has 0 bridgehead atoms. The summed E-state index contributed by atoms with van der Waals surface area (Å²) in [5.41, 5.74) is 4.08. The minimum absolute atomic E-state index is 0.469. The molecule has 0 fully saturated rings. The fourth-order valence-corrected chi connectivity index (χ4v) is 3.44. The van der Waals surface area contributed by atoms with E-state index >= 15 is 0 Å². The Hall–Kier alpha value is -2.81. The SMILES string of the molecule is CCOc1ccc(-c2csc(/C(C#N)=C/Nc3cccc(Cl)c3C)n2)cc1. The highest BCUT2D eigenvalue weighted by atomic mass is 35.5. The molecule has 0 spiro atoms. The van der Waals surface area contributed by atoms with Crippen LogP contribution in [0.3, 0.4) is 0 Å². The van der Waals surface area contributed by atoms with Crippen LogP contribution in [0.1, 0.15) is 17.5 Å². The van der Waals surface area contributed by atoms with Gasteiger partial charge in [-0.25, -0.2) is 4.98 Å². The lowest BCUT2D eigenvalue weighted by molar-refractivity contribution is 0.340. The molecule has 0 aliphatic carbocycles. The van der Waals surface area contributed by atoms with Gasteiger partial charge in [-0.15, -0.1) is 11.3 Å². The molecule has 1 heterocycles. The summed E-state index contributed by atoms with van der Waals surface area (Å²) in [6.07, 6.45) is 1.67. The topological polar surface area (TPSA) is 57.9 Å². The summed E-state index contributed by atoms with van der Waals surface area (Å²) in [7, 11) is 0. The number of benzene rings is 2. The number of thiazole rings is 1. The number of ether oxygens (including phenoxy) is 1. The highest BCUT2D eigenvalue weighted by molar-refractivity contribution is 7.11. The van der Waals surface area contributed by atoms with Gasteiger partial charge >= 0.3 is 0 Å². The highest BCUT2D eigenvalue weighted by Crippen LogP contribution is 2.28. The second-order valence-electron chi connectivity index (χ2n) is 5.72. The van der Waals surface area contributed by atoms with Crippen molar-refractivity contribution >= 4 is 34.2 Å². The van der Waals surface area contributed by atoms with Crippen molar-refractivity contribution in [2.24, 2.45) is 0 Å². The van der Waals surface area contributed by atoms with Crippen LogP contribution in [0, 0.1) is 18.3 Å². The van der Waals surface area contributed by atoms with Crippen LogP contribution in [-0.4, -0.2) is 11.6 Å². The van der Waals surface area contributed by atoms with Gasteiger partial charge in [0.2, 0.25) is 0 Å². The van der Waals surface area contributed by atoms with E-state index in [1.807, 2.05) is 61.7 Å². The predicted octanol–water partition coefficient (Wildman–Crippen LogP) is 6.15. The quantitative estimate of drug-likeness (QED) is 0.508. The first kappa shape index (κ1) is 19.0. The van der Waals surface area contributed by atoms with Gasteiger partial charge in [0.15, 0.2) is 0 Å². The van der Waals surface area contributed by atoms with Crippen LogP contribution in [0.15, 0.2) is 54.0 Å². The van der Waals surface area contributed by atoms with E-state index in [4.69, 9.17) is 16.3 Å². The normalized spacial score (nSPS) is 11.1. The molecule has 0 aliphatic rings. The van der Waals surface area contributed by atoms with Gasteiger partial charge in [0, 0.05) is 27.9 Å². The fourth-order valence-electron chi connectivity index (χ4n) is 2.47. The van der Waals surface area contributed by atoms with Gasteiger partial charge in [-0.05, 0) is 55.8 Å². The number of hydrogen-bond acceptors (Lipinski definition) is 5. The maximum absolute atomic E-state index is 9.52. The molecule has 0 amide bonds. The Bertz CT molecular complexity index is 1000. The van der Waals surface area contributed by atoms with Crippen molar-refractivity contribution in [3.8, 4) is 23.1 Å². The Kier molecular flexibility index (Phi) is 6.12. The molecule has 27 heavy (non-hydrogen) atoms. The fraction of sp³-hybridized carbons (Fsp3) is 0.143. The molecule has 136 valence electrons. The summed E-state index contributed by atoms with van der Waals surface area (Å²) in [4.78, 5) is 4.60. The number of nitrogens with zero attached hydrogens (tertiary/aromatic N) is 2. The number of allylic oxidation sites excluding steroid dienone is 1. The van der Waals surface area contributed by atoms with E-state index < -0.39 is 0 Å². The average molecular weight is 396 g/mol. The molecule has 0 saturated carbocycles. The Morgan fingerprint density at radius 1 is 1.30 bits per heavy atom. The summed E-state index contributed by atoms with van der Waals surface area (Å²) in [5.74, 6) is 0.829. The highest BCUT2D eigenvalue weighted by Gasteiger charge is 2.10. The van der Waals surface area contributed by atoms with Crippen molar-refractivity contribution in [1.82, 2.24) is 4.98 Å². The second-order valence-corrected chi connectivity index (χ2v) is 6.99. The van der Waals surface area contributed by atoms with Crippen LogP contribution in [0.2, 0.25) is 5.02 Å². The van der Waals surface area contributed by atoms with Crippen molar-refractivity contribution in [2.75, 3.05) is 11.9 Å². The van der Waals surface area contributed by atoms with E-state index in [-0.39, 0.29) is 0 Å². The molecule has 0 aliphatic heterocycles. The van der Waals surface area contributed by atoms with E-state index in [9.17, 15) is 5.26 Å². The number of hydrogen-bond donors (Lipinski definition) is 1. The van der Waals surface area contributed by atoms with Crippen LogP contribution < -0.4 is 10.1 Å². The molecule has 0 radical (unpaired) electrons. The van der Waals surface area contributed by atoms with Crippen molar-refractivity contribution in [2.45, 2.75) is 13.8 Å². The molecular weight excluding hydrogens is 378 g/mol. The van der Waals surface area contributed by atoms with E-state index in [1.54, 1.807) is 6.20 Å². The molecule has 6 heteroatoms. The first-order chi connectivity index (χ1) is 13.1. The zero-order chi connectivity index (χ0) is 19.2. The largest absolute Gasteiger partial charge is 0.494 e. The summed E-state index contributed by atoms with van der Waals surface area (Å²) >= 11 is 7.57. The molecule has 3 rings (SSSR count). The van der Waals surface area contributed by atoms with Gasteiger partial charge in [-0.2, -0.15) is 5.26 Å². The monoisotopic (exact) mass is 395 g/mol. The Labute approximate surface area is 167 Å². The van der Waals surface area contributed by atoms with E-state index in [0.717, 1.165) is 28.3 Å². The molecule has 0 saturated heterocycles. The van der Waals surface area contributed by atoms with E-state index in [0.29, 0.717) is 22.2 Å². The molecule has 4 nitrogen and oxygen atoms in total. The third kappa shape index (κ3) is 4.48. The first-order valence-corrected chi connectivity index (χ1v) is 9.69. The van der Waals surface area contributed by atoms with Gasteiger partial charge < -0.3 is 10.1 Å². The summed E-state index contributed by atoms with van der Waals surface area (Å²) in [6, 6.07) is 15.6. The van der Waals surface area contributed by atoms with Gasteiger partial charge in [0.25, 0.3) is 0 Å². The second kappa shape index (κ2) is 8.72. The standard InChI is InChI=1S/C21H18ClN3OS/c1-3-26-17-9-7-15(8-10-17)20-13-27-21(25-20)16(11-23)12-24-19-6-4-5-18(22)14(19)2/h4-10,12-13,24H,3H2,1-2H3/b16-12+. The van der Waals surface area contributed by atoms with Crippen LogP contribution in [-0.2, 0) is 0 Å². The lowest BCUT2D eigenvalue weighted by Gasteiger charge is -2.07. The van der Waals surface area contributed by atoms with Crippen molar-refractivity contribution in [3.63, 3.8) is 0 Å². The molecule has 1 aromatic heterocycles.